The molecule has 0 bridgehead atoms. The van der Waals surface area contributed by atoms with E-state index in [1.54, 1.807) is 18.4 Å². The second kappa shape index (κ2) is 6.92. The van der Waals surface area contributed by atoms with Crippen molar-refractivity contribution in [3.63, 3.8) is 0 Å². The van der Waals surface area contributed by atoms with Gasteiger partial charge < -0.3 is 10.2 Å². The van der Waals surface area contributed by atoms with Crippen LogP contribution in [-0.4, -0.2) is 40.4 Å². The molecule has 0 aliphatic rings. The summed E-state index contributed by atoms with van der Waals surface area (Å²) in [5.74, 6) is -1.05. The number of thiazole rings is 1. The number of nitrogens with one attached hydrogen (secondary N) is 1. The molecule has 3 rings (SSSR count). The zero-order valence-electron chi connectivity index (χ0n) is 13.4. The molecule has 0 aliphatic heterocycles. The molecule has 1 atom stereocenters. The first-order valence-electron chi connectivity index (χ1n) is 7.53. The Kier molecular flexibility index (Phi) is 4.71. The topological polar surface area (TPSA) is 58.1 Å². The summed E-state index contributed by atoms with van der Waals surface area (Å²) in [4.78, 5) is 22.1. The third kappa shape index (κ3) is 3.35. The number of amides is 1. The van der Waals surface area contributed by atoms with Gasteiger partial charge in [-0.1, -0.05) is 23.5 Å². The highest BCUT2D eigenvalue weighted by molar-refractivity contribution is 7.22. The number of carbonyl (C=O) groups is 1. The molecule has 1 N–H and O–H groups in total. The zero-order chi connectivity index (χ0) is 17.1. The molecule has 3 aromatic rings. The van der Waals surface area contributed by atoms with Crippen molar-refractivity contribution >= 4 is 32.6 Å². The minimum Gasteiger partial charge on any atom is -0.359 e. The molecule has 5 nitrogen and oxygen atoms in total. The number of nitrogens with zero attached hydrogens (tertiary/aromatic N) is 3. The monoisotopic (exact) mass is 344 g/mol. The molecule has 124 valence electrons. The van der Waals surface area contributed by atoms with Crippen LogP contribution in [0.5, 0.6) is 0 Å². The lowest BCUT2D eigenvalue weighted by molar-refractivity contribution is 0.0740. The van der Waals surface area contributed by atoms with Gasteiger partial charge in [-0.15, -0.1) is 0 Å². The van der Waals surface area contributed by atoms with Gasteiger partial charge in [0.2, 0.25) is 0 Å². The second-order valence-electron chi connectivity index (χ2n) is 5.47. The predicted octanol–water partition coefficient (Wildman–Crippen LogP) is 3.40. The highest BCUT2D eigenvalue weighted by atomic mass is 32.1. The molecule has 1 amide bonds. The Balaban J connectivity index is 1.64. The van der Waals surface area contributed by atoms with E-state index < -0.39 is 11.7 Å². The van der Waals surface area contributed by atoms with E-state index in [1.807, 2.05) is 31.2 Å². The lowest BCUT2D eigenvalue weighted by atomic mass is 10.2. The van der Waals surface area contributed by atoms with Crippen molar-refractivity contribution in [3.05, 3.63) is 54.1 Å². The van der Waals surface area contributed by atoms with Crippen LogP contribution in [0.15, 0.2) is 42.6 Å². The normalized spacial score (nSPS) is 12.1. The number of likely N-dealkylation sites (N-methyl/N-ethyl adjacent to an activating group) is 1. The van der Waals surface area contributed by atoms with Crippen LogP contribution in [0.4, 0.5) is 9.52 Å². The first-order chi connectivity index (χ1) is 11.6. The number of para-hydroxylation sites is 1. The Morgan fingerprint density at radius 3 is 2.88 bits per heavy atom. The van der Waals surface area contributed by atoms with Gasteiger partial charge in [-0.2, -0.15) is 0 Å². The Hall–Kier alpha value is -2.54. The SMILES string of the molecule is CC(CNc1nc2ccccc2s1)N(C)C(=O)c1ncccc1F. The smallest absolute Gasteiger partial charge is 0.275 e. The van der Waals surface area contributed by atoms with Gasteiger partial charge >= 0.3 is 0 Å². The predicted molar refractivity (Wildman–Crippen MR) is 93.9 cm³/mol. The van der Waals surface area contributed by atoms with E-state index in [2.05, 4.69) is 15.3 Å². The summed E-state index contributed by atoms with van der Waals surface area (Å²) in [5, 5.41) is 4.03. The average Bonchev–Trinajstić information content (AvgIpc) is 3.01. The van der Waals surface area contributed by atoms with E-state index >= 15 is 0 Å². The van der Waals surface area contributed by atoms with Crippen LogP contribution in [0.1, 0.15) is 17.4 Å². The van der Waals surface area contributed by atoms with Crippen molar-refractivity contribution in [1.82, 2.24) is 14.9 Å². The van der Waals surface area contributed by atoms with E-state index in [0.717, 1.165) is 15.3 Å². The summed E-state index contributed by atoms with van der Waals surface area (Å²) >= 11 is 1.56. The van der Waals surface area contributed by atoms with Crippen LogP contribution in [-0.2, 0) is 0 Å². The number of fused-ring (bicyclic) bond motifs is 1. The van der Waals surface area contributed by atoms with Gasteiger partial charge in [0.15, 0.2) is 16.6 Å². The Bertz CT molecular complexity index is 833. The summed E-state index contributed by atoms with van der Waals surface area (Å²) in [6, 6.07) is 10.4. The van der Waals surface area contributed by atoms with Gasteiger partial charge in [0.05, 0.1) is 10.2 Å². The van der Waals surface area contributed by atoms with Crippen LogP contribution in [0.25, 0.3) is 10.2 Å². The van der Waals surface area contributed by atoms with Gasteiger partial charge in [-0.05, 0) is 31.2 Å². The van der Waals surface area contributed by atoms with Crippen molar-refractivity contribution < 1.29 is 9.18 Å². The maximum Gasteiger partial charge on any atom is 0.275 e. The summed E-state index contributed by atoms with van der Waals surface area (Å²) in [6.07, 6.45) is 1.41. The number of pyridine rings is 1. The number of carbonyl (C=O) groups excluding carboxylic acids is 1. The van der Waals surface area contributed by atoms with E-state index in [-0.39, 0.29) is 11.7 Å². The molecule has 0 saturated heterocycles. The molecule has 1 aromatic carbocycles. The molecular weight excluding hydrogens is 327 g/mol. The lowest BCUT2D eigenvalue weighted by Crippen LogP contribution is -2.40. The van der Waals surface area contributed by atoms with Crippen LogP contribution < -0.4 is 5.32 Å². The van der Waals surface area contributed by atoms with Gasteiger partial charge in [0, 0.05) is 25.8 Å². The molecule has 0 spiro atoms. The molecule has 7 heteroatoms. The average molecular weight is 344 g/mol. The number of hydrogen-bond acceptors (Lipinski definition) is 5. The Morgan fingerprint density at radius 2 is 2.12 bits per heavy atom. The van der Waals surface area contributed by atoms with Crippen LogP contribution >= 0.6 is 11.3 Å². The molecule has 2 aromatic heterocycles. The fourth-order valence-electron chi connectivity index (χ4n) is 2.23. The first-order valence-corrected chi connectivity index (χ1v) is 8.35. The number of hydrogen-bond donors (Lipinski definition) is 1. The van der Waals surface area contributed by atoms with Crippen molar-refractivity contribution in [1.29, 1.82) is 0 Å². The maximum atomic E-state index is 13.7. The van der Waals surface area contributed by atoms with Gasteiger partial charge in [0.1, 0.15) is 0 Å². The molecule has 0 saturated carbocycles. The maximum absolute atomic E-state index is 13.7. The van der Waals surface area contributed by atoms with E-state index in [9.17, 15) is 9.18 Å². The highest BCUT2D eigenvalue weighted by Gasteiger charge is 2.21. The Labute approximate surface area is 143 Å². The summed E-state index contributed by atoms with van der Waals surface area (Å²) in [5.41, 5.74) is 0.782. The molecule has 2 heterocycles. The third-order valence-corrected chi connectivity index (χ3v) is 4.78. The van der Waals surface area contributed by atoms with Crippen LogP contribution in [0.3, 0.4) is 0 Å². The minimum atomic E-state index is -0.610. The lowest BCUT2D eigenvalue weighted by Gasteiger charge is -2.24. The highest BCUT2D eigenvalue weighted by Crippen LogP contribution is 2.25. The van der Waals surface area contributed by atoms with E-state index in [1.165, 1.54) is 23.2 Å². The summed E-state index contributed by atoms with van der Waals surface area (Å²) < 4.78 is 14.8. The largest absolute Gasteiger partial charge is 0.359 e. The minimum absolute atomic E-state index is 0.147. The standard InChI is InChI=1S/C17H17FN4OS/c1-11(22(2)16(23)15-12(18)6-5-9-19-15)10-20-17-21-13-7-3-4-8-14(13)24-17/h3-9,11H,10H2,1-2H3,(H,20,21). The van der Waals surface area contributed by atoms with Crippen molar-refractivity contribution in [2.75, 3.05) is 18.9 Å². The van der Waals surface area contributed by atoms with Gasteiger partial charge in [0.25, 0.3) is 5.91 Å². The fraction of sp³-hybridized carbons (Fsp3) is 0.235. The third-order valence-electron chi connectivity index (χ3n) is 3.79. The number of rotatable bonds is 5. The summed E-state index contributed by atoms with van der Waals surface area (Å²) in [7, 11) is 1.64. The molecule has 1 unspecified atom stereocenters. The van der Waals surface area contributed by atoms with Crippen molar-refractivity contribution in [2.24, 2.45) is 0 Å². The summed E-state index contributed by atoms with van der Waals surface area (Å²) in [6.45, 7) is 2.40. The molecule has 0 radical (unpaired) electrons. The second-order valence-corrected chi connectivity index (χ2v) is 6.50. The first kappa shape index (κ1) is 16.3. The van der Waals surface area contributed by atoms with Gasteiger partial charge in [-0.3, -0.25) is 4.79 Å². The molecular formula is C17H17FN4OS. The number of benzene rings is 1. The van der Waals surface area contributed by atoms with Crippen molar-refractivity contribution in [2.45, 2.75) is 13.0 Å². The van der Waals surface area contributed by atoms with E-state index in [0.29, 0.717) is 6.54 Å². The van der Waals surface area contributed by atoms with E-state index in [4.69, 9.17) is 0 Å². The van der Waals surface area contributed by atoms with Gasteiger partial charge in [-0.25, -0.2) is 14.4 Å². The van der Waals surface area contributed by atoms with Crippen LogP contribution in [0, 0.1) is 5.82 Å². The fourth-order valence-corrected chi connectivity index (χ4v) is 3.10. The number of aromatic nitrogens is 2. The molecule has 24 heavy (non-hydrogen) atoms. The van der Waals surface area contributed by atoms with Crippen molar-refractivity contribution in [3.8, 4) is 0 Å². The Morgan fingerprint density at radius 1 is 1.33 bits per heavy atom. The van der Waals surface area contributed by atoms with Crippen LogP contribution in [0.2, 0.25) is 0 Å². The zero-order valence-corrected chi connectivity index (χ0v) is 14.2. The molecule has 0 fully saturated rings. The quantitative estimate of drug-likeness (QED) is 0.771. The molecule has 0 aliphatic carbocycles. The number of halogens is 1. The number of anilines is 1.